The highest BCUT2D eigenvalue weighted by Crippen LogP contribution is 2.35. The van der Waals surface area contributed by atoms with Crippen molar-refractivity contribution in [2.24, 2.45) is 0 Å². The van der Waals surface area contributed by atoms with Crippen LogP contribution in [0.2, 0.25) is 10.0 Å². The molecule has 0 amide bonds. The summed E-state index contributed by atoms with van der Waals surface area (Å²) in [7, 11) is 3.35. The van der Waals surface area contributed by atoms with E-state index < -0.39 is 0 Å². The molecule has 66 valence electrons. The third kappa shape index (κ3) is 1.76. The number of hydrogen-bond acceptors (Lipinski definition) is 2. The standard InChI is InChI=1S/C8H9Cl2NO/c1-11-7-4-5(9)3-6(10)8(7)12-2/h3-4,11H,1-2H3. The van der Waals surface area contributed by atoms with Gasteiger partial charge in [-0.05, 0) is 12.1 Å². The van der Waals surface area contributed by atoms with Gasteiger partial charge in [-0.3, -0.25) is 0 Å². The Hall–Kier alpha value is -0.600. The number of methoxy groups -OCH3 is 1. The lowest BCUT2D eigenvalue weighted by Crippen LogP contribution is -1.94. The molecule has 0 saturated carbocycles. The van der Waals surface area contributed by atoms with Crippen LogP contribution in [0, 0.1) is 0 Å². The summed E-state index contributed by atoms with van der Waals surface area (Å²) in [5.41, 5.74) is 0.787. The molecule has 4 heteroatoms. The summed E-state index contributed by atoms with van der Waals surface area (Å²) in [4.78, 5) is 0. The average molecular weight is 206 g/mol. The molecule has 1 N–H and O–H groups in total. The van der Waals surface area contributed by atoms with Gasteiger partial charge in [0.1, 0.15) is 0 Å². The minimum absolute atomic E-state index is 0.509. The fraction of sp³-hybridized carbons (Fsp3) is 0.250. The monoisotopic (exact) mass is 205 g/mol. The lowest BCUT2D eigenvalue weighted by Gasteiger charge is -2.09. The van der Waals surface area contributed by atoms with Gasteiger partial charge in [-0.25, -0.2) is 0 Å². The molecule has 0 aliphatic carbocycles. The van der Waals surface area contributed by atoms with Gasteiger partial charge in [0.15, 0.2) is 5.75 Å². The van der Waals surface area contributed by atoms with Gasteiger partial charge >= 0.3 is 0 Å². The molecule has 0 spiro atoms. The van der Waals surface area contributed by atoms with Crippen LogP contribution in [-0.4, -0.2) is 14.2 Å². The topological polar surface area (TPSA) is 21.3 Å². The van der Waals surface area contributed by atoms with Gasteiger partial charge < -0.3 is 10.1 Å². The van der Waals surface area contributed by atoms with Crippen molar-refractivity contribution in [3.8, 4) is 5.75 Å². The smallest absolute Gasteiger partial charge is 0.160 e. The van der Waals surface area contributed by atoms with Gasteiger partial charge in [0, 0.05) is 12.1 Å². The summed E-state index contributed by atoms with van der Waals surface area (Å²) in [6.07, 6.45) is 0. The Kier molecular flexibility index (Phi) is 3.06. The molecule has 0 aliphatic rings. The zero-order valence-corrected chi connectivity index (χ0v) is 8.33. The molecule has 0 aromatic heterocycles. The van der Waals surface area contributed by atoms with E-state index in [9.17, 15) is 0 Å². The van der Waals surface area contributed by atoms with Crippen LogP contribution in [0.5, 0.6) is 5.75 Å². The summed E-state index contributed by atoms with van der Waals surface area (Å²) < 4.78 is 5.07. The number of benzene rings is 1. The first-order chi connectivity index (χ1) is 5.69. The Morgan fingerprint density at radius 1 is 1.33 bits per heavy atom. The van der Waals surface area contributed by atoms with Crippen molar-refractivity contribution < 1.29 is 4.74 Å². The third-order valence-electron chi connectivity index (χ3n) is 1.48. The fourth-order valence-corrected chi connectivity index (χ4v) is 1.52. The van der Waals surface area contributed by atoms with E-state index in [2.05, 4.69) is 5.32 Å². The second kappa shape index (κ2) is 3.87. The van der Waals surface area contributed by atoms with E-state index in [4.69, 9.17) is 27.9 Å². The number of hydrogen-bond donors (Lipinski definition) is 1. The lowest BCUT2D eigenvalue weighted by atomic mass is 10.3. The van der Waals surface area contributed by atoms with Crippen LogP contribution >= 0.6 is 23.2 Å². The zero-order valence-electron chi connectivity index (χ0n) is 6.82. The third-order valence-corrected chi connectivity index (χ3v) is 1.98. The van der Waals surface area contributed by atoms with Crippen LogP contribution in [0.3, 0.4) is 0 Å². The zero-order chi connectivity index (χ0) is 9.14. The molecule has 0 aliphatic heterocycles. The first-order valence-corrected chi connectivity index (χ1v) is 4.15. The first-order valence-electron chi connectivity index (χ1n) is 3.40. The van der Waals surface area contributed by atoms with Crippen LogP contribution in [0.25, 0.3) is 0 Å². The van der Waals surface area contributed by atoms with Gasteiger partial charge in [0.2, 0.25) is 0 Å². The van der Waals surface area contributed by atoms with Crippen LogP contribution in [0.4, 0.5) is 5.69 Å². The van der Waals surface area contributed by atoms with E-state index in [1.807, 2.05) is 0 Å². The molecule has 0 bridgehead atoms. The van der Waals surface area contributed by atoms with Crippen molar-refractivity contribution in [2.45, 2.75) is 0 Å². The molecular weight excluding hydrogens is 197 g/mol. The summed E-state index contributed by atoms with van der Waals surface area (Å²) in [5.74, 6) is 0.614. The Bertz CT molecular complexity index is 289. The minimum Gasteiger partial charge on any atom is -0.493 e. The molecule has 12 heavy (non-hydrogen) atoms. The maximum Gasteiger partial charge on any atom is 0.160 e. The van der Waals surface area contributed by atoms with E-state index in [1.165, 1.54) is 0 Å². The Balaban J connectivity index is 3.24. The van der Waals surface area contributed by atoms with Gasteiger partial charge in [0.25, 0.3) is 0 Å². The molecule has 0 unspecified atom stereocenters. The largest absolute Gasteiger partial charge is 0.493 e. The molecule has 1 aromatic rings. The molecule has 0 heterocycles. The van der Waals surface area contributed by atoms with Crippen LogP contribution < -0.4 is 10.1 Å². The van der Waals surface area contributed by atoms with Crippen LogP contribution in [0.15, 0.2) is 12.1 Å². The van der Waals surface area contributed by atoms with E-state index >= 15 is 0 Å². The number of rotatable bonds is 2. The Morgan fingerprint density at radius 2 is 2.00 bits per heavy atom. The molecule has 0 fully saturated rings. The SMILES string of the molecule is CNc1cc(Cl)cc(Cl)c1OC. The maximum absolute atomic E-state index is 5.86. The Morgan fingerprint density at radius 3 is 2.50 bits per heavy atom. The molecule has 0 saturated heterocycles. The highest BCUT2D eigenvalue weighted by molar-refractivity contribution is 6.36. The van der Waals surface area contributed by atoms with Crippen molar-refractivity contribution in [3.63, 3.8) is 0 Å². The predicted octanol–water partition coefficient (Wildman–Crippen LogP) is 3.04. The van der Waals surface area contributed by atoms with Crippen molar-refractivity contribution >= 4 is 28.9 Å². The summed E-state index contributed by atoms with van der Waals surface area (Å²) in [6.45, 7) is 0. The molecule has 2 nitrogen and oxygen atoms in total. The van der Waals surface area contributed by atoms with E-state index in [-0.39, 0.29) is 0 Å². The average Bonchev–Trinajstić information content (AvgIpc) is 2.03. The van der Waals surface area contributed by atoms with Gasteiger partial charge in [-0.15, -0.1) is 0 Å². The second-order valence-electron chi connectivity index (χ2n) is 2.22. The minimum atomic E-state index is 0.509. The van der Waals surface area contributed by atoms with Crippen LogP contribution in [0.1, 0.15) is 0 Å². The van der Waals surface area contributed by atoms with Gasteiger partial charge in [-0.2, -0.15) is 0 Å². The number of anilines is 1. The van der Waals surface area contributed by atoms with E-state index in [1.54, 1.807) is 26.3 Å². The lowest BCUT2D eigenvalue weighted by molar-refractivity contribution is 0.417. The first kappa shape index (κ1) is 9.49. The number of nitrogens with one attached hydrogen (secondary N) is 1. The van der Waals surface area contributed by atoms with Crippen molar-refractivity contribution in [1.82, 2.24) is 0 Å². The van der Waals surface area contributed by atoms with Gasteiger partial charge in [-0.1, -0.05) is 23.2 Å². The normalized spacial score (nSPS) is 9.67. The summed E-state index contributed by atoms with van der Waals surface area (Å²) in [6, 6.07) is 3.40. The molecular formula is C8H9Cl2NO. The predicted molar refractivity (Wildman–Crippen MR) is 52.6 cm³/mol. The molecule has 1 aromatic carbocycles. The van der Waals surface area contributed by atoms with Crippen molar-refractivity contribution in [1.29, 1.82) is 0 Å². The maximum atomic E-state index is 5.86. The molecule has 0 atom stereocenters. The molecule has 1 rings (SSSR count). The number of ether oxygens (including phenoxy) is 1. The second-order valence-corrected chi connectivity index (χ2v) is 3.06. The fourth-order valence-electron chi connectivity index (χ4n) is 0.954. The quantitative estimate of drug-likeness (QED) is 0.802. The van der Waals surface area contributed by atoms with E-state index in [0.717, 1.165) is 5.69 Å². The highest BCUT2D eigenvalue weighted by Gasteiger charge is 2.07. The van der Waals surface area contributed by atoms with Gasteiger partial charge in [0.05, 0.1) is 17.8 Å². The van der Waals surface area contributed by atoms with Crippen LogP contribution in [-0.2, 0) is 0 Å². The molecule has 0 radical (unpaired) electrons. The Labute approximate surface area is 81.4 Å². The van der Waals surface area contributed by atoms with Crippen molar-refractivity contribution in [2.75, 3.05) is 19.5 Å². The number of halogens is 2. The van der Waals surface area contributed by atoms with E-state index in [0.29, 0.717) is 15.8 Å². The highest BCUT2D eigenvalue weighted by atomic mass is 35.5. The summed E-state index contributed by atoms with van der Waals surface area (Å²) >= 11 is 11.6. The van der Waals surface area contributed by atoms with Crippen molar-refractivity contribution in [3.05, 3.63) is 22.2 Å². The summed E-state index contributed by atoms with van der Waals surface area (Å²) in [5, 5.41) is 4.03.